The van der Waals surface area contributed by atoms with Crippen LogP contribution in [0.4, 0.5) is 22.0 Å². The zero-order valence-electron chi connectivity index (χ0n) is 22.3. The maximum absolute atomic E-state index is 14.8. The van der Waals surface area contributed by atoms with Gasteiger partial charge in [-0.05, 0) is 38.0 Å². The molecule has 0 saturated carbocycles. The van der Waals surface area contributed by atoms with Gasteiger partial charge in [-0.2, -0.15) is 8.78 Å². The van der Waals surface area contributed by atoms with Crippen molar-refractivity contribution >= 4 is 17.5 Å². The molecule has 11 heteroatoms. The molecule has 3 N–H and O–H groups in total. The third kappa shape index (κ3) is 9.20. The Balaban J connectivity index is 0.000000724. The van der Waals surface area contributed by atoms with E-state index in [4.69, 9.17) is 10.5 Å². The van der Waals surface area contributed by atoms with Gasteiger partial charge >= 0.3 is 0 Å². The quantitative estimate of drug-likeness (QED) is 0.125. The zero-order valence-corrected chi connectivity index (χ0v) is 22.3. The van der Waals surface area contributed by atoms with Gasteiger partial charge in [-0.25, -0.2) is 18.2 Å². The molecule has 0 atom stereocenters. The van der Waals surface area contributed by atoms with Crippen molar-refractivity contribution in [1.29, 1.82) is 0 Å². The average Bonchev–Trinajstić information content (AvgIpc) is 2.87. The van der Waals surface area contributed by atoms with Crippen LogP contribution in [0.1, 0.15) is 33.3 Å². The molecule has 0 heterocycles. The number of hydrogen-bond donors (Lipinski definition) is 2. The Labute approximate surface area is 224 Å². The molecule has 0 radical (unpaired) electrons. The summed E-state index contributed by atoms with van der Waals surface area (Å²) < 4.78 is 73.9. The van der Waals surface area contributed by atoms with Gasteiger partial charge < -0.3 is 15.8 Å². The minimum atomic E-state index is -1.74. The lowest BCUT2D eigenvalue weighted by Gasteiger charge is -2.15. The van der Waals surface area contributed by atoms with Gasteiger partial charge in [0.15, 0.2) is 11.6 Å². The molecule has 0 unspecified atom stereocenters. The molecule has 0 aliphatic carbocycles. The molecule has 0 aliphatic heterocycles. The van der Waals surface area contributed by atoms with E-state index in [0.29, 0.717) is 17.1 Å². The van der Waals surface area contributed by atoms with Crippen molar-refractivity contribution in [3.05, 3.63) is 95.5 Å². The molecule has 0 fully saturated rings. The first-order chi connectivity index (χ1) is 18.3. The van der Waals surface area contributed by atoms with Crippen molar-refractivity contribution < 1.29 is 31.5 Å². The fourth-order valence-electron chi connectivity index (χ4n) is 3.03. The Morgan fingerprint density at radius 3 is 2.08 bits per heavy atom. The highest BCUT2D eigenvalue weighted by Crippen LogP contribution is 2.32. The molecule has 2 aromatic carbocycles. The molecule has 0 bridgehead atoms. The Hall–Kier alpha value is -4.28. The van der Waals surface area contributed by atoms with Gasteiger partial charge in [-0.3, -0.25) is 9.79 Å². The van der Waals surface area contributed by atoms with Crippen molar-refractivity contribution in [2.24, 2.45) is 21.6 Å². The minimum Gasteiger partial charge on any atom is -0.451 e. The highest BCUT2D eigenvalue weighted by molar-refractivity contribution is 6.29. The van der Waals surface area contributed by atoms with E-state index >= 15 is 0 Å². The van der Waals surface area contributed by atoms with E-state index in [1.54, 1.807) is 13.8 Å². The first-order valence-electron chi connectivity index (χ1n) is 11.6. The van der Waals surface area contributed by atoms with Crippen molar-refractivity contribution in [2.45, 2.75) is 27.7 Å². The summed E-state index contributed by atoms with van der Waals surface area (Å²) in [6.07, 6.45) is 2.50. The van der Waals surface area contributed by atoms with Crippen LogP contribution in [0.5, 0.6) is 11.5 Å². The maximum atomic E-state index is 14.8. The summed E-state index contributed by atoms with van der Waals surface area (Å²) >= 11 is 0. The van der Waals surface area contributed by atoms with Crippen LogP contribution in [-0.2, 0) is 4.79 Å². The lowest BCUT2D eigenvalue weighted by molar-refractivity contribution is -0.116. The molecule has 2 rings (SSSR count). The summed E-state index contributed by atoms with van der Waals surface area (Å²) in [6.45, 7) is 15.1. The van der Waals surface area contributed by atoms with Gasteiger partial charge in [0.25, 0.3) is 0 Å². The SMILES string of the molecule is C=CC(=O)NCC(C)C.C=CN=C(N)C(C(=NC)c1ccc(Oc2c(F)c(F)cc(F)c2F)cc1F)=C(C)C. The van der Waals surface area contributed by atoms with Crippen LogP contribution < -0.4 is 15.8 Å². The molecule has 0 aromatic heterocycles. The predicted molar refractivity (Wildman–Crippen MR) is 143 cm³/mol. The van der Waals surface area contributed by atoms with E-state index in [1.807, 2.05) is 13.8 Å². The van der Waals surface area contributed by atoms with Gasteiger partial charge in [-0.1, -0.05) is 32.6 Å². The topological polar surface area (TPSA) is 89.1 Å². The lowest BCUT2D eigenvalue weighted by atomic mass is 9.97. The minimum absolute atomic E-state index is 0.00497. The molecule has 0 spiro atoms. The molecule has 0 saturated heterocycles. The van der Waals surface area contributed by atoms with Gasteiger partial charge in [0, 0.05) is 43.1 Å². The zero-order chi connectivity index (χ0) is 29.9. The number of amidine groups is 1. The molecule has 0 aliphatic rings. The van der Waals surface area contributed by atoms with E-state index in [2.05, 4.69) is 28.5 Å². The number of amides is 1. The Kier molecular flexibility index (Phi) is 12.8. The third-order valence-electron chi connectivity index (χ3n) is 4.80. The number of hydrogen-bond acceptors (Lipinski definition) is 4. The number of carbonyl (C=O) groups excluding carboxylic acids is 1. The highest BCUT2D eigenvalue weighted by Gasteiger charge is 2.23. The van der Waals surface area contributed by atoms with Crippen LogP contribution in [0.25, 0.3) is 0 Å². The average molecular weight is 551 g/mol. The predicted octanol–water partition coefficient (Wildman–Crippen LogP) is 6.38. The van der Waals surface area contributed by atoms with Crippen LogP contribution in [0, 0.1) is 35.0 Å². The molecular weight excluding hydrogens is 519 g/mol. The number of benzene rings is 2. The number of aliphatic imine (C=N–C) groups is 2. The second-order valence-corrected chi connectivity index (χ2v) is 8.53. The van der Waals surface area contributed by atoms with Crippen molar-refractivity contribution in [2.75, 3.05) is 13.6 Å². The number of nitrogens with zero attached hydrogens (tertiary/aromatic N) is 2. The van der Waals surface area contributed by atoms with E-state index in [-0.39, 0.29) is 34.8 Å². The second-order valence-electron chi connectivity index (χ2n) is 8.53. The number of halogens is 5. The number of nitrogens with one attached hydrogen (secondary N) is 1. The van der Waals surface area contributed by atoms with Crippen LogP contribution in [0.3, 0.4) is 0 Å². The fraction of sp³-hybridized carbons (Fsp3) is 0.250. The van der Waals surface area contributed by atoms with Crippen LogP contribution in [0.2, 0.25) is 0 Å². The summed E-state index contributed by atoms with van der Waals surface area (Å²) in [5.41, 5.74) is 7.15. The van der Waals surface area contributed by atoms with E-state index in [9.17, 15) is 26.7 Å². The molecule has 2 aromatic rings. The standard InChI is InChI=1S/C21H18F5N3O.C7H13NO/c1-5-29-21(27)16(10(2)3)19(28-4)12-7-6-11(8-13(12)22)30-20-17(25)14(23)9-15(24)18(20)26;1-4-7(9)8-5-6(2)3/h5-9H,1H2,2-4H3,(H2,27,29);4,6H,1,5H2,2-3H3,(H,8,9). The van der Waals surface area contributed by atoms with Crippen molar-refractivity contribution in [3.63, 3.8) is 0 Å². The number of rotatable bonds is 9. The van der Waals surface area contributed by atoms with E-state index < -0.39 is 34.8 Å². The number of carbonyl (C=O) groups is 1. The summed E-state index contributed by atoms with van der Waals surface area (Å²) in [5.74, 6) is -8.89. The summed E-state index contributed by atoms with van der Waals surface area (Å²) in [6, 6.07) is 3.23. The Morgan fingerprint density at radius 1 is 1.05 bits per heavy atom. The maximum Gasteiger partial charge on any atom is 0.243 e. The van der Waals surface area contributed by atoms with Crippen LogP contribution in [-0.4, -0.2) is 31.0 Å². The highest BCUT2D eigenvalue weighted by atomic mass is 19.2. The van der Waals surface area contributed by atoms with Crippen molar-refractivity contribution in [3.8, 4) is 11.5 Å². The van der Waals surface area contributed by atoms with E-state index in [1.165, 1.54) is 25.4 Å². The van der Waals surface area contributed by atoms with Gasteiger partial charge in [-0.15, -0.1) is 0 Å². The largest absolute Gasteiger partial charge is 0.451 e. The Morgan fingerprint density at radius 2 is 1.64 bits per heavy atom. The summed E-state index contributed by atoms with van der Waals surface area (Å²) in [4.78, 5) is 18.5. The first-order valence-corrected chi connectivity index (χ1v) is 11.6. The number of ether oxygens (including phenoxy) is 1. The normalized spacial score (nSPS) is 11.4. The van der Waals surface area contributed by atoms with Gasteiger partial charge in [0.1, 0.15) is 17.4 Å². The smallest absolute Gasteiger partial charge is 0.243 e. The van der Waals surface area contributed by atoms with Crippen molar-refractivity contribution in [1.82, 2.24) is 5.32 Å². The number of nitrogens with two attached hydrogens (primary N) is 1. The fourth-order valence-corrected chi connectivity index (χ4v) is 3.03. The van der Waals surface area contributed by atoms with Gasteiger partial charge in [0.2, 0.25) is 23.3 Å². The third-order valence-corrected chi connectivity index (χ3v) is 4.80. The Bertz CT molecular complexity index is 1290. The molecule has 1 amide bonds. The van der Waals surface area contributed by atoms with Crippen LogP contribution >= 0.6 is 0 Å². The monoisotopic (exact) mass is 550 g/mol. The molecule has 210 valence electrons. The second kappa shape index (κ2) is 15.2. The summed E-state index contributed by atoms with van der Waals surface area (Å²) in [5, 5.41) is 2.67. The summed E-state index contributed by atoms with van der Waals surface area (Å²) in [7, 11) is 1.42. The molecule has 6 nitrogen and oxygen atoms in total. The molecule has 39 heavy (non-hydrogen) atoms. The van der Waals surface area contributed by atoms with Crippen LogP contribution in [0.15, 0.2) is 70.8 Å². The lowest BCUT2D eigenvalue weighted by Crippen LogP contribution is -2.24. The van der Waals surface area contributed by atoms with E-state index in [0.717, 1.165) is 18.7 Å². The van der Waals surface area contributed by atoms with Gasteiger partial charge in [0.05, 0.1) is 5.71 Å². The molecular formula is C28H31F5N4O2. The first kappa shape index (κ1) is 32.7. The number of allylic oxidation sites excluding steroid dienone is 1.